The molecular weight excluding hydrogens is 290 g/mol. The van der Waals surface area contributed by atoms with Gasteiger partial charge in [0.25, 0.3) is 5.91 Å². The SMILES string of the molecule is Cc1ccc2cc(C(=O)NCCC(=O)N3CCCC3)n(C)c2c1. The van der Waals surface area contributed by atoms with E-state index in [0.717, 1.165) is 36.8 Å². The van der Waals surface area contributed by atoms with Crippen LogP contribution in [-0.2, 0) is 11.8 Å². The average Bonchev–Trinajstić information content (AvgIpc) is 3.16. The lowest BCUT2D eigenvalue weighted by Crippen LogP contribution is -2.33. The van der Waals surface area contributed by atoms with Crippen molar-refractivity contribution in [3.05, 3.63) is 35.5 Å². The molecule has 1 aliphatic heterocycles. The number of fused-ring (bicyclic) bond motifs is 1. The van der Waals surface area contributed by atoms with E-state index in [-0.39, 0.29) is 11.8 Å². The normalized spacial score (nSPS) is 14.4. The average molecular weight is 313 g/mol. The highest BCUT2D eigenvalue weighted by Crippen LogP contribution is 2.20. The van der Waals surface area contributed by atoms with Crippen LogP contribution in [-0.4, -0.2) is 40.9 Å². The van der Waals surface area contributed by atoms with Crippen molar-refractivity contribution in [1.29, 1.82) is 0 Å². The minimum absolute atomic E-state index is 0.129. The summed E-state index contributed by atoms with van der Waals surface area (Å²) in [7, 11) is 1.89. The number of likely N-dealkylation sites (tertiary alicyclic amines) is 1. The molecule has 0 radical (unpaired) electrons. The van der Waals surface area contributed by atoms with Crippen LogP contribution in [0.3, 0.4) is 0 Å². The van der Waals surface area contributed by atoms with Crippen LogP contribution in [0.25, 0.3) is 10.9 Å². The van der Waals surface area contributed by atoms with Gasteiger partial charge in [-0.15, -0.1) is 0 Å². The Bertz CT molecular complexity index is 742. The van der Waals surface area contributed by atoms with Crippen molar-refractivity contribution >= 4 is 22.7 Å². The van der Waals surface area contributed by atoms with Crippen LogP contribution >= 0.6 is 0 Å². The number of rotatable bonds is 4. The lowest BCUT2D eigenvalue weighted by Gasteiger charge is -2.15. The fourth-order valence-electron chi connectivity index (χ4n) is 3.16. The zero-order valence-corrected chi connectivity index (χ0v) is 13.8. The van der Waals surface area contributed by atoms with E-state index in [1.54, 1.807) is 0 Å². The Labute approximate surface area is 136 Å². The van der Waals surface area contributed by atoms with Gasteiger partial charge in [-0.1, -0.05) is 12.1 Å². The molecule has 2 heterocycles. The molecule has 1 aliphatic rings. The first-order valence-electron chi connectivity index (χ1n) is 8.18. The molecule has 2 amide bonds. The Kier molecular flexibility index (Phi) is 4.37. The van der Waals surface area contributed by atoms with Crippen molar-refractivity contribution < 1.29 is 9.59 Å². The van der Waals surface area contributed by atoms with Gasteiger partial charge in [-0.25, -0.2) is 0 Å². The van der Waals surface area contributed by atoms with Crippen molar-refractivity contribution in [2.45, 2.75) is 26.2 Å². The summed E-state index contributed by atoms with van der Waals surface area (Å²) in [6.45, 7) is 4.13. The number of nitrogens with one attached hydrogen (secondary N) is 1. The number of hydrogen-bond acceptors (Lipinski definition) is 2. The lowest BCUT2D eigenvalue weighted by atomic mass is 10.2. The molecule has 0 bridgehead atoms. The second-order valence-electron chi connectivity index (χ2n) is 6.24. The van der Waals surface area contributed by atoms with Crippen molar-refractivity contribution in [3.63, 3.8) is 0 Å². The molecule has 1 aromatic heterocycles. The van der Waals surface area contributed by atoms with Gasteiger partial charge in [0.2, 0.25) is 5.91 Å². The lowest BCUT2D eigenvalue weighted by molar-refractivity contribution is -0.129. The number of nitrogens with zero attached hydrogens (tertiary/aromatic N) is 2. The number of carbonyl (C=O) groups is 2. The van der Waals surface area contributed by atoms with Gasteiger partial charge in [0.05, 0.1) is 0 Å². The van der Waals surface area contributed by atoms with Crippen molar-refractivity contribution in [3.8, 4) is 0 Å². The molecule has 1 N–H and O–H groups in total. The van der Waals surface area contributed by atoms with E-state index in [4.69, 9.17) is 0 Å². The van der Waals surface area contributed by atoms with Crippen molar-refractivity contribution in [2.75, 3.05) is 19.6 Å². The molecule has 5 heteroatoms. The Balaban J connectivity index is 1.62. The van der Waals surface area contributed by atoms with Crippen LogP contribution in [0.4, 0.5) is 0 Å². The van der Waals surface area contributed by atoms with Crippen LogP contribution in [0.2, 0.25) is 0 Å². The molecule has 0 spiro atoms. The Hall–Kier alpha value is -2.30. The fourth-order valence-corrected chi connectivity index (χ4v) is 3.16. The summed E-state index contributed by atoms with van der Waals surface area (Å²) in [5.41, 5.74) is 2.84. The first-order valence-corrected chi connectivity index (χ1v) is 8.18. The van der Waals surface area contributed by atoms with Crippen LogP contribution in [0.15, 0.2) is 24.3 Å². The summed E-state index contributed by atoms with van der Waals surface area (Å²) in [4.78, 5) is 26.2. The van der Waals surface area contributed by atoms with Gasteiger partial charge < -0.3 is 14.8 Å². The summed E-state index contributed by atoms with van der Waals surface area (Å²) in [5.74, 6) is 0.00559. The number of carbonyl (C=O) groups excluding carboxylic acids is 2. The monoisotopic (exact) mass is 313 g/mol. The zero-order valence-electron chi connectivity index (χ0n) is 13.8. The van der Waals surface area contributed by atoms with E-state index in [0.29, 0.717) is 18.7 Å². The Morgan fingerprint density at radius 1 is 1.17 bits per heavy atom. The molecule has 2 aromatic rings. The summed E-state index contributed by atoms with van der Waals surface area (Å²) in [5, 5.41) is 3.91. The molecule has 5 nitrogen and oxygen atoms in total. The number of amides is 2. The summed E-state index contributed by atoms with van der Waals surface area (Å²) < 4.78 is 1.90. The zero-order chi connectivity index (χ0) is 16.4. The molecule has 1 aromatic carbocycles. The minimum atomic E-state index is -0.129. The molecule has 1 saturated heterocycles. The van der Waals surface area contributed by atoms with E-state index < -0.39 is 0 Å². The molecule has 0 atom stereocenters. The van der Waals surface area contributed by atoms with E-state index in [9.17, 15) is 9.59 Å². The van der Waals surface area contributed by atoms with Crippen LogP contribution in [0.5, 0.6) is 0 Å². The van der Waals surface area contributed by atoms with Crippen LogP contribution in [0.1, 0.15) is 35.3 Å². The van der Waals surface area contributed by atoms with Gasteiger partial charge in [0, 0.05) is 44.0 Å². The second kappa shape index (κ2) is 6.44. The largest absolute Gasteiger partial charge is 0.350 e. The van der Waals surface area contributed by atoms with Gasteiger partial charge in [-0.2, -0.15) is 0 Å². The van der Waals surface area contributed by atoms with E-state index in [1.165, 1.54) is 5.56 Å². The number of hydrogen-bond donors (Lipinski definition) is 1. The van der Waals surface area contributed by atoms with Crippen LogP contribution in [0, 0.1) is 6.92 Å². The quantitative estimate of drug-likeness (QED) is 0.941. The molecule has 3 rings (SSSR count). The van der Waals surface area contributed by atoms with Crippen LogP contribution < -0.4 is 5.32 Å². The second-order valence-corrected chi connectivity index (χ2v) is 6.24. The Morgan fingerprint density at radius 3 is 2.65 bits per heavy atom. The highest BCUT2D eigenvalue weighted by atomic mass is 16.2. The summed E-state index contributed by atoms with van der Waals surface area (Å²) in [6.07, 6.45) is 2.55. The van der Waals surface area contributed by atoms with Crippen molar-refractivity contribution in [2.24, 2.45) is 7.05 Å². The van der Waals surface area contributed by atoms with Crippen molar-refractivity contribution in [1.82, 2.24) is 14.8 Å². The molecular formula is C18H23N3O2. The van der Waals surface area contributed by atoms with Gasteiger partial charge >= 0.3 is 0 Å². The maximum absolute atomic E-state index is 12.4. The highest BCUT2D eigenvalue weighted by molar-refractivity contribution is 5.99. The maximum Gasteiger partial charge on any atom is 0.267 e. The molecule has 0 unspecified atom stereocenters. The summed E-state index contributed by atoms with van der Waals surface area (Å²) >= 11 is 0. The first-order chi connectivity index (χ1) is 11.1. The fraction of sp³-hybridized carbons (Fsp3) is 0.444. The standard InChI is InChI=1S/C18H23N3O2/c1-13-5-6-14-12-16(20(2)15(14)11-13)18(23)19-8-7-17(22)21-9-3-4-10-21/h5-6,11-12H,3-4,7-10H2,1-2H3,(H,19,23). The molecule has 122 valence electrons. The van der Waals surface area contributed by atoms with E-state index >= 15 is 0 Å². The van der Waals surface area contributed by atoms with E-state index in [1.807, 2.05) is 41.6 Å². The predicted octanol–water partition coefficient (Wildman–Crippen LogP) is 2.23. The van der Waals surface area contributed by atoms with Gasteiger partial charge in [0.15, 0.2) is 0 Å². The maximum atomic E-state index is 12.4. The number of aryl methyl sites for hydroxylation is 2. The topological polar surface area (TPSA) is 54.3 Å². The smallest absolute Gasteiger partial charge is 0.267 e. The third-order valence-electron chi connectivity index (χ3n) is 4.52. The molecule has 0 saturated carbocycles. The molecule has 1 fully saturated rings. The third-order valence-corrected chi connectivity index (χ3v) is 4.52. The summed E-state index contributed by atoms with van der Waals surface area (Å²) in [6, 6.07) is 8.03. The third kappa shape index (κ3) is 3.23. The van der Waals surface area contributed by atoms with Gasteiger partial charge in [-0.3, -0.25) is 9.59 Å². The van der Waals surface area contributed by atoms with E-state index in [2.05, 4.69) is 11.4 Å². The molecule has 0 aliphatic carbocycles. The predicted molar refractivity (Wildman–Crippen MR) is 90.4 cm³/mol. The highest BCUT2D eigenvalue weighted by Gasteiger charge is 2.18. The van der Waals surface area contributed by atoms with Gasteiger partial charge in [-0.05, 0) is 37.5 Å². The minimum Gasteiger partial charge on any atom is -0.350 e. The van der Waals surface area contributed by atoms with Gasteiger partial charge in [0.1, 0.15) is 5.69 Å². The first kappa shape index (κ1) is 15.6. The number of benzene rings is 1. The number of aromatic nitrogens is 1. The molecule has 23 heavy (non-hydrogen) atoms. The Morgan fingerprint density at radius 2 is 1.91 bits per heavy atom.